The minimum Gasteiger partial charge on any atom is -0.322 e. The molecule has 0 radical (unpaired) electrons. The molecule has 0 bridgehead atoms. The molecule has 0 aromatic heterocycles. The number of nitrogens with one attached hydrogen (secondary N) is 2. The number of hydrogen-bond acceptors (Lipinski definition) is 2. The van der Waals surface area contributed by atoms with Gasteiger partial charge in [-0.25, -0.2) is 4.79 Å². The maximum absolute atomic E-state index is 13.3. The van der Waals surface area contributed by atoms with Crippen LogP contribution in [0.1, 0.15) is 34.5 Å². The first-order valence-corrected chi connectivity index (χ1v) is 7.48. The summed E-state index contributed by atoms with van der Waals surface area (Å²) in [4.78, 5) is 23.1. The van der Waals surface area contributed by atoms with E-state index in [0.29, 0.717) is 5.56 Å². The van der Waals surface area contributed by atoms with Gasteiger partial charge in [-0.2, -0.15) is 13.2 Å². The van der Waals surface area contributed by atoms with Crippen LogP contribution in [0.3, 0.4) is 0 Å². The molecule has 2 rings (SSSR count). The lowest BCUT2D eigenvalue weighted by Gasteiger charge is -2.22. The number of urea groups is 1. The highest BCUT2D eigenvalue weighted by Gasteiger charge is 2.41. The number of anilines is 1. The molecule has 0 fully saturated rings. The van der Waals surface area contributed by atoms with Gasteiger partial charge in [-0.1, -0.05) is 29.8 Å². The van der Waals surface area contributed by atoms with Gasteiger partial charge in [-0.15, -0.1) is 0 Å². The molecule has 132 valence electrons. The van der Waals surface area contributed by atoms with Crippen LogP contribution >= 0.6 is 0 Å². The van der Waals surface area contributed by atoms with Crippen molar-refractivity contribution >= 4 is 17.5 Å². The highest BCUT2D eigenvalue weighted by Crippen LogP contribution is 2.32. The Morgan fingerprint density at radius 2 is 1.52 bits per heavy atom. The second kappa shape index (κ2) is 7.38. The Labute approximate surface area is 143 Å². The minimum atomic E-state index is -4.63. The van der Waals surface area contributed by atoms with E-state index >= 15 is 0 Å². The molecule has 2 N–H and O–H groups in total. The molecule has 0 saturated heterocycles. The number of hydrogen-bond donors (Lipinski definition) is 2. The van der Waals surface area contributed by atoms with Crippen LogP contribution in [0.2, 0.25) is 0 Å². The van der Waals surface area contributed by atoms with Gasteiger partial charge in [0.1, 0.15) is 0 Å². The van der Waals surface area contributed by atoms with E-state index in [1.54, 1.807) is 19.1 Å². The average Bonchev–Trinajstić information content (AvgIpc) is 2.53. The fourth-order valence-electron chi connectivity index (χ4n) is 2.20. The average molecular weight is 350 g/mol. The third kappa shape index (κ3) is 5.07. The van der Waals surface area contributed by atoms with Crippen molar-refractivity contribution in [2.75, 3.05) is 5.32 Å². The first kappa shape index (κ1) is 18.5. The molecule has 4 nitrogen and oxygen atoms in total. The summed E-state index contributed by atoms with van der Waals surface area (Å²) >= 11 is 0. The van der Waals surface area contributed by atoms with E-state index in [9.17, 15) is 22.8 Å². The minimum absolute atomic E-state index is 0.0554. The lowest BCUT2D eigenvalue weighted by Crippen LogP contribution is -2.40. The largest absolute Gasteiger partial charge is 0.412 e. The molecular weight excluding hydrogens is 333 g/mol. The lowest BCUT2D eigenvalue weighted by atomic mass is 10.0. The Kier molecular flexibility index (Phi) is 5.46. The van der Waals surface area contributed by atoms with Gasteiger partial charge in [0.25, 0.3) is 0 Å². The molecule has 0 saturated carbocycles. The van der Waals surface area contributed by atoms with Crippen molar-refractivity contribution in [3.05, 3.63) is 65.2 Å². The van der Waals surface area contributed by atoms with Gasteiger partial charge >= 0.3 is 12.2 Å². The summed E-state index contributed by atoms with van der Waals surface area (Å²) in [6, 6.07) is 8.52. The normalized spacial score (nSPS) is 12.4. The van der Waals surface area contributed by atoms with Gasteiger partial charge in [0.15, 0.2) is 11.8 Å². The highest BCUT2D eigenvalue weighted by molar-refractivity contribution is 5.95. The number of aryl methyl sites for hydroxylation is 1. The third-order valence-corrected chi connectivity index (χ3v) is 3.56. The van der Waals surface area contributed by atoms with E-state index in [4.69, 9.17) is 0 Å². The van der Waals surface area contributed by atoms with Crippen LogP contribution in [0.5, 0.6) is 0 Å². The molecular formula is C18H17F3N2O2. The molecule has 25 heavy (non-hydrogen) atoms. The lowest BCUT2D eigenvalue weighted by molar-refractivity contribution is -0.154. The second-order valence-corrected chi connectivity index (χ2v) is 5.62. The third-order valence-electron chi connectivity index (χ3n) is 3.56. The van der Waals surface area contributed by atoms with Crippen LogP contribution in [-0.4, -0.2) is 18.0 Å². The summed E-state index contributed by atoms with van der Waals surface area (Å²) in [7, 11) is 0. The topological polar surface area (TPSA) is 58.2 Å². The molecule has 0 unspecified atom stereocenters. The summed E-state index contributed by atoms with van der Waals surface area (Å²) < 4.78 is 39.8. The first-order chi connectivity index (χ1) is 11.7. The molecule has 0 aliphatic carbocycles. The maximum Gasteiger partial charge on any atom is 0.412 e. The maximum atomic E-state index is 13.3. The summed E-state index contributed by atoms with van der Waals surface area (Å²) in [6.45, 7) is 3.15. The van der Waals surface area contributed by atoms with Crippen molar-refractivity contribution in [3.8, 4) is 0 Å². The van der Waals surface area contributed by atoms with Crippen LogP contribution in [0.15, 0.2) is 48.5 Å². The van der Waals surface area contributed by atoms with Crippen LogP contribution in [0.4, 0.5) is 23.7 Å². The van der Waals surface area contributed by atoms with Crippen molar-refractivity contribution in [1.29, 1.82) is 0 Å². The van der Waals surface area contributed by atoms with Crippen molar-refractivity contribution in [2.24, 2.45) is 0 Å². The Balaban J connectivity index is 2.11. The quantitative estimate of drug-likeness (QED) is 0.791. The van der Waals surface area contributed by atoms with Gasteiger partial charge in [-0.3, -0.25) is 4.79 Å². The molecule has 0 aliphatic rings. The van der Waals surface area contributed by atoms with E-state index in [1.807, 2.05) is 5.32 Å². The standard InChI is InChI=1S/C18H17F3N2O2/c1-11-3-5-14(6-4-11)16(18(19,20)21)23-17(25)22-15-9-7-13(8-10-15)12(2)24/h3-10,16H,1-2H3,(H2,22,23,25)/t16-/m1/s1. The fraction of sp³-hybridized carbons (Fsp3) is 0.222. The summed E-state index contributed by atoms with van der Waals surface area (Å²) in [6.07, 6.45) is -4.63. The zero-order chi connectivity index (χ0) is 18.6. The molecule has 0 aliphatic heterocycles. The van der Waals surface area contributed by atoms with Crippen LogP contribution in [0.25, 0.3) is 0 Å². The van der Waals surface area contributed by atoms with E-state index in [-0.39, 0.29) is 17.0 Å². The summed E-state index contributed by atoms with van der Waals surface area (Å²) in [5, 5.41) is 4.27. The van der Waals surface area contributed by atoms with E-state index in [0.717, 1.165) is 5.56 Å². The Hall–Kier alpha value is -2.83. The van der Waals surface area contributed by atoms with Crippen molar-refractivity contribution in [1.82, 2.24) is 5.32 Å². The molecule has 2 aromatic carbocycles. The fourth-order valence-corrected chi connectivity index (χ4v) is 2.20. The van der Waals surface area contributed by atoms with Crippen LogP contribution < -0.4 is 10.6 Å². The number of carbonyl (C=O) groups is 2. The van der Waals surface area contributed by atoms with Gasteiger partial charge < -0.3 is 10.6 Å². The number of benzene rings is 2. The van der Waals surface area contributed by atoms with Gasteiger partial charge in [-0.05, 0) is 43.7 Å². The molecule has 7 heteroatoms. The predicted octanol–water partition coefficient (Wildman–Crippen LogP) is 4.62. The molecule has 0 spiro atoms. The van der Waals surface area contributed by atoms with Gasteiger partial charge in [0.05, 0.1) is 0 Å². The molecule has 2 amide bonds. The zero-order valence-corrected chi connectivity index (χ0v) is 13.6. The summed E-state index contributed by atoms with van der Waals surface area (Å²) in [5.41, 5.74) is 1.49. The number of alkyl halides is 3. The molecule has 1 atom stereocenters. The second-order valence-electron chi connectivity index (χ2n) is 5.62. The zero-order valence-electron chi connectivity index (χ0n) is 13.6. The van der Waals surface area contributed by atoms with E-state index < -0.39 is 18.2 Å². The van der Waals surface area contributed by atoms with Crippen LogP contribution in [0, 0.1) is 6.92 Å². The predicted molar refractivity (Wildman–Crippen MR) is 88.6 cm³/mol. The molecule has 2 aromatic rings. The van der Waals surface area contributed by atoms with Gasteiger partial charge in [0, 0.05) is 11.3 Å². The number of carbonyl (C=O) groups excluding carboxylic acids is 2. The van der Waals surface area contributed by atoms with Crippen molar-refractivity contribution in [2.45, 2.75) is 26.1 Å². The first-order valence-electron chi connectivity index (χ1n) is 7.48. The SMILES string of the molecule is CC(=O)c1ccc(NC(=O)N[C@H](c2ccc(C)cc2)C(F)(F)F)cc1. The van der Waals surface area contributed by atoms with Gasteiger partial charge in [0.2, 0.25) is 0 Å². The van der Waals surface area contributed by atoms with Crippen LogP contribution in [-0.2, 0) is 0 Å². The number of halogens is 3. The van der Waals surface area contributed by atoms with E-state index in [1.165, 1.54) is 43.3 Å². The molecule has 0 heterocycles. The number of rotatable bonds is 4. The smallest absolute Gasteiger partial charge is 0.322 e. The van der Waals surface area contributed by atoms with E-state index in [2.05, 4.69) is 5.32 Å². The van der Waals surface area contributed by atoms with Crippen molar-refractivity contribution < 1.29 is 22.8 Å². The Morgan fingerprint density at radius 1 is 0.960 bits per heavy atom. The monoisotopic (exact) mass is 350 g/mol. The Morgan fingerprint density at radius 3 is 2.00 bits per heavy atom. The summed E-state index contributed by atoms with van der Waals surface area (Å²) in [5.74, 6) is -0.146. The van der Waals surface area contributed by atoms with Crippen molar-refractivity contribution in [3.63, 3.8) is 0 Å². The number of Topliss-reactive ketones (excluding diaryl/α,β-unsaturated/α-hetero) is 1. The number of ketones is 1. The number of amides is 2. The highest BCUT2D eigenvalue weighted by atomic mass is 19.4. The Bertz CT molecular complexity index is 753.